The number of aryl methyl sites for hydroxylation is 2. The molecule has 1 N–H and O–H groups in total. The van der Waals surface area contributed by atoms with Gasteiger partial charge in [0.2, 0.25) is 0 Å². The van der Waals surface area contributed by atoms with E-state index in [0.717, 1.165) is 19.5 Å². The van der Waals surface area contributed by atoms with Crippen molar-refractivity contribution in [3.8, 4) is 0 Å². The summed E-state index contributed by atoms with van der Waals surface area (Å²) in [5.41, 5.74) is 4.04. The van der Waals surface area contributed by atoms with Crippen LogP contribution in [-0.2, 0) is 19.5 Å². The Bertz CT molecular complexity index is 683. The highest BCUT2D eigenvalue weighted by molar-refractivity contribution is 5.80. The molecular formula is C18H20N2. The van der Waals surface area contributed by atoms with Crippen molar-refractivity contribution in [1.29, 1.82) is 0 Å². The Kier molecular flexibility index (Phi) is 3.84. The van der Waals surface area contributed by atoms with E-state index in [2.05, 4.69) is 70.7 Å². The molecule has 0 bridgehead atoms. The maximum atomic E-state index is 3.20. The summed E-state index contributed by atoms with van der Waals surface area (Å²) in [5.74, 6) is 0. The molecule has 102 valence electrons. The smallest absolute Gasteiger partial charge is 0.0480 e. The molecule has 0 unspecified atom stereocenters. The first-order valence-corrected chi connectivity index (χ1v) is 7.13. The molecule has 0 aliphatic heterocycles. The number of rotatable bonds is 5. The molecule has 3 aromatic rings. The fourth-order valence-corrected chi connectivity index (χ4v) is 2.65. The van der Waals surface area contributed by atoms with E-state index in [1.54, 1.807) is 0 Å². The predicted molar refractivity (Wildman–Crippen MR) is 84.8 cm³/mol. The number of nitrogens with one attached hydrogen (secondary N) is 1. The fraction of sp³-hybridized carbons (Fsp3) is 0.222. The standard InChI is InChI=1S/C18H20N2/c1-19-14-16-7-8-18-17(13-16)10-12-20(18)11-9-15-5-3-2-4-6-15/h2-8,10,12-13,19H,9,11,14H2,1H3. The van der Waals surface area contributed by atoms with E-state index in [0.29, 0.717) is 0 Å². The Morgan fingerprint density at radius 3 is 2.60 bits per heavy atom. The van der Waals surface area contributed by atoms with E-state index in [-0.39, 0.29) is 0 Å². The lowest BCUT2D eigenvalue weighted by Crippen LogP contribution is -2.04. The van der Waals surface area contributed by atoms with Gasteiger partial charge in [0.1, 0.15) is 0 Å². The van der Waals surface area contributed by atoms with Gasteiger partial charge in [0.15, 0.2) is 0 Å². The molecule has 0 atom stereocenters. The van der Waals surface area contributed by atoms with Crippen LogP contribution in [0.2, 0.25) is 0 Å². The first kappa shape index (κ1) is 12.9. The van der Waals surface area contributed by atoms with Crippen molar-refractivity contribution in [2.75, 3.05) is 7.05 Å². The second kappa shape index (κ2) is 5.93. The number of nitrogens with zero attached hydrogens (tertiary/aromatic N) is 1. The molecule has 0 aliphatic rings. The minimum Gasteiger partial charge on any atom is -0.347 e. The van der Waals surface area contributed by atoms with Crippen molar-refractivity contribution >= 4 is 10.9 Å². The third-order valence-corrected chi connectivity index (χ3v) is 3.70. The van der Waals surface area contributed by atoms with Gasteiger partial charge >= 0.3 is 0 Å². The van der Waals surface area contributed by atoms with Gasteiger partial charge in [0, 0.05) is 24.8 Å². The third-order valence-electron chi connectivity index (χ3n) is 3.70. The molecular weight excluding hydrogens is 244 g/mol. The zero-order chi connectivity index (χ0) is 13.8. The first-order valence-electron chi connectivity index (χ1n) is 7.13. The minimum atomic E-state index is 0.922. The van der Waals surface area contributed by atoms with Crippen molar-refractivity contribution in [3.63, 3.8) is 0 Å². The Morgan fingerprint density at radius 2 is 1.80 bits per heavy atom. The summed E-state index contributed by atoms with van der Waals surface area (Å²) in [4.78, 5) is 0. The SMILES string of the molecule is CNCc1ccc2c(ccn2CCc2ccccc2)c1. The van der Waals surface area contributed by atoms with Gasteiger partial charge in [-0.25, -0.2) is 0 Å². The first-order chi connectivity index (χ1) is 9.86. The summed E-state index contributed by atoms with van der Waals surface area (Å²) >= 11 is 0. The monoisotopic (exact) mass is 264 g/mol. The van der Waals surface area contributed by atoms with Crippen molar-refractivity contribution in [1.82, 2.24) is 9.88 Å². The maximum Gasteiger partial charge on any atom is 0.0480 e. The number of fused-ring (bicyclic) bond motifs is 1. The molecule has 1 aromatic heterocycles. The normalized spacial score (nSPS) is 11.1. The van der Waals surface area contributed by atoms with E-state index in [1.807, 2.05) is 7.05 Å². The lowest BCUT2D eigenvalue weighted by atomic mass is 10.1. The molecule has 0 aliphatic carbocycles. The summed E-state index contributed by atoms with van der Waals surface area (Å²) in [6.45, 7) is 1.95. The number of benzene rings is 2. The second-order valence-electron chi connectivity index (χ2n) is 5.17. The number of aromatic nitrogens is 1. The molecule has 0 radical (unpaired) electrons. The highest BCUT2D eigenvalue weighted by Crippen LogP contribution is 2.18. The lowest BCUT2D eigenvalue weighted by molar-refractivity contribution is 0.723. The largest absolute Gasteiger partial charge is 0.347 e. The van der Waals surface area contributed by atoms with Gasteiger partial charge in [-0.3, -0.25) is 0 Å². The zero-order valence-corrected chi connectivity index (χ0v) is 11.8. The van der Waals surface area contributed by atoms with Gasteiger partial charge in [0.05, 0.1) is 0 Å². The highest BCUT2D eigenvalue weighted by Gasteiger charge is 2.02. The molecule has 0 fully saturated rings. The Balaban J connectivity index is 1.78. The predicted octanol–water partition coefficient (Wildman–Crippen LogP) is 3.60. The van der Waals surface area contributed by atoms with Crippen LogP contribution < -0.4 is 5.32 Å². The maximum absolute atomic E-state index is 3.20. The summed E-state index contributed by atoms with van der Waals surface area (Å²) in [6, 6.07) is 19.6. The molecule has 2 heteroatoms. The van der Waals surface area contributed by atoms with Gasteiger partial charge in [0.25, 0.3) is 0 Å². The molecule has 1 heterocycles. The zero-order valence-electron chi connectivity index (χ0n) is 11.8. The molecule has 0 amide bonds. The van der Waals surface area contributed by atoms with Gasteiger partial charge in [-0.05, 0) is 48.2 Å². The summed E-state index contributed by atoms with van der Waals surface area (Å²) in [6.07, 6.45) is 3.26. The molecule has 2 nitrogen and oxygen atoms in total. The minimum absolute atomic E-state index is 0.922. The molecule has 2 aromatic carbocycles. The van der Waals surface area contributed by atoms with Crippen LogP contribution in [0.5, 0.6) is 0 Å². The van der Waals surface area contributed by atoms with E-state index in [4.69, 9.17) is 0 Å². The Hall–Kier alpha value is -2.06. The van der Waals surface area contributed by atoms with Crippen molar-refractivity contribution in [2.24, 2.45) is 0 Å². The van der Waals surface area contributed by atoms with Crippen LogP contribution in [0.15, 0.2) is 60.8 Å². The molecule has 20 heavy (non-hydrogen) atoms. The van der Waals surface area contributed by atoms with Crippen LogP contribution in [0, 0.1) is 0 Å². The summed E-state index contributed by atoms with van der Waals surface area (Å²) in [7, 11) is 1.98. The van der Waals surface area contributed by atoms with Crippen LogP contribution in [0.3, 0.4) is 0 Å². The Labute approximate surface area is 120 Å². The van der Waals surface area contributed by atoms with Crippen LogP contribution >= 0.6 is 0 Å². The van der Waals surface area contributed by atoms with Gasteiger partial charge < -0.3 is 9.88 Å². The Morgan fingerprint density at radius 1 is 0.950 bits per heavy atom. The second-order valence-corrected chi connectivity index (χ2v) is 5.17. The summed E-state index contributed by atoms with van der Waals surface area (Å²) in [5, 5.41) is 4.52. The fourth-order valence-electron chi connectivity index (χ4n) is 2.65. The van der Waals surface area contributed by atoms with Gasteiger partial charge in [-0.15, -0.1) is 0 Å². The highest BCUT2D eigenvalue weighted by atomic mass is 14.9. The number of hydrogen-bond acceptors (Lipinski definition) is 1. The molecule has 3 rings (SSSR count). The van der Waals surface area contributed by atoms with E-state index < -0.39 is 0 Å². The average Bonchev–Trinajstić information content (AvgIpc) is 2.89. The lowest BCUT2D eigenvalue weighted by Gasteiger charge is -2.07. The van der Waals surface area contributed by atoms with E-state index in [1.165, 1.54) is 22.0 Å². The quantitative estimate of drug-likeness (QED) is 0.745. The van der Waals surface area contributed by atoms with E-state index in [9.17, 15) is 0 Å². The van der Waals surface area contributed by atoms with Crippen LogP contribution in [-0.4, -0.2) is 11.6 Å². The van der Waals surface area contributed by atoms with Gasteiger partial charge in [-0.1, -0.05) is 36.4 Å². The average molecular weight is 264 g/mol. The topological polar surface area (TPSA) is 17.0 Å². The third kappa shape index (κ3) is 2.75. The van der Waals surface area contributed by atoms with Crippen molar-refractivity contribution in [2.45, 2.75) is 19.5 Å². The molecule has 0 saturated heterocycles. The van der Waals surface area contributed by atoms with Crippen molar-refractivity contribution in [3.05, 3.63) is 71.9 Å². The summed E-state index contributed by atoms with van der Waals surface area (Å²) < 4.78 is 2.34. The van der Waals surface area contributed by atoms with Crippen molar-refractivity contribution < 1.29 is 0 Å². The number of hydrogen-bond donors (Lipinski definition) is 1. The van der Waals surface area contributed by atoms with Gasteiger partial charge in [-0.2, -0.15) is 0 Å². The molecule has 0 spiro atoms. The van der Waals surface area contributed by atoms with Crippen LogP contribution in [0.25, 0.3) is 10.9 Å². The van der Waals surface area contributed by atoms with Crippen LogP contribution in [0.1, 0.15) is 11.1 Å². The molecule has 0 saturated carbocycles. The van der Waals surface area contributed by atoms with E-state index >= 15 is 0 Å². The van der Waals surface area contributed by atoms with Crippen LogP contribution in [0.4, 0.5) is 0 Å².